The molecule has 0 aliphatic rings. The zero-order valence-corrected chi connectivity index (χ0v) is 23.0. The van der Waals surface area contributed by atoms with Crippen LogP contribution in [0.4, 0.5) is 13.2 Å². The van der Waals surface area contributed by atoms with Crippen molar-refractivity contribution in [3.63, 3.8) is 0 Å². The lowest BCUT2D eigenvalue weighted by Gasteiger charge is -2.17. The van der Waals surface area contributed by atoms with Crippen molar-refractivity contribution in [1.29, 1.82) is 5.26 Å². The normalized spacial score (nSPS) is 11.6. The molecule has 11 heteroatoms. The Balaban J connectivity index is 1.53. The van der Waals surface area contributed by atoms with Crippen molar-refractivity contribution in [3.05, 3.63) is 110 Å². The number of rotatable bonds is 6. The SMILES string of the molecule is Cc1cc(Cl)c(COc2cccc3c(-c4ccc(C#N)n4C)cc(C)nc23)c(Cn2cccc(C(F)(F)F)c2=O)n1. The van der Waals surface area contributed by atoms with E-state index in [2.05, 4.69) is 11.1 Å². The Morgan fingerprint density at radius 3 is 2.51 bits per heavy atom. The van der Waals surface area contributed by atoms with E-state index < -0.39 is 17.3 Å². The highest BCUT2D eigenvalue weighted by atomic mass is 35.5. The molecule has 5 rings (SSSR count). The van der Waals surface area contributed by atoms with Gasteiger partial charge in [-0.15, -0.1) is 0 Å². The summed E-state index contributed by atoms with van der Waals surface area (Å²) in [6, 6.07) is 16.8. The molecule has 4 aromatic heterocycles. The zero-order valence-electron chi connectivity index (χ0n) is 22.3. The average molecular weight is 578 g/mol. The first-order valence-electron chi connectivity index (χ1n) is 12.5. The summed E-state index contributed by atoms with van der Waals surface area (Å²) < 4.78 is 48.9. The van der Waals surface area contributed by atoms with Crippen molar-refractivity contribution in [3.8, 4) is 23.1 Å². The van der Waals surface area contributed by atoms with Crippen LogP contribution < -0.4 is 10.3 Å². The first-order valence-corrected chi connectivity index (χ1v) is 12.9. The molecule has 208 valence electrons. The number of nitrogens with zero attached hydrogens (tertiary/aromatic N) is 5. The van der Waals surface area contributed by atoms with Gasteiger partial charge in [-0.1, -0.05) is 23.7 Å². The molecule has 0 N–H and O–H groups in total. The standard InChI is InChI=1S/C30H23ClF3N5O2/c1-17-12-21(26-10-9-19(14-35)38(26)3)20-6-4-8-27(28(20)37-17)41-16-22-24(31)13-18(2)36-25(22)15-39-11-5-7-23(29(39)40)30(32,33)34/h4-13H,15-16H2,1-3H3. The Hall–Kier alpha value is -4.62. The number of hydrogen-bond acceptors (Lipinski definition) is 5. The third-order valence-electron chi connectivity index (χ3n) is 6.74. The second-order valence-electron chi connectivity index (χ2n) is 9.55. The summed E-state index contributed by atoms with van der Waals surface area (Å²) >= 11 is 6.56. The predicted molar refractivity (Wildman–Crippen MR) is 149 cm³/mol. The van der Waals surface area contributed by atoms with E-state index in [0.717, 1.165) is 33.0 Å². The van der Waals surface area contributed by atoms with Crippen molar-refractivity contribution >= 4 is 22.5 Å². The molecule has 0 aliphatic carbocycles. The highest BCUT2D eigenvalue weighted by molar-refractivity contribution is 6.31. The van der Waals surface area contributed by atoms with Crippen LogP contribution in [-0.4, -0.2) is 19.1 Å². The minimum atomic E-state index is -4.78. The molecule has 0 saturated heterocycles. The van der Waals surface area contributed by atoms with E-state index in [-0.39, 0.29) is 13.2 Å². The summed E-state index contributed by atoms with van der Waals surface area (Å²) in [5, 5.41) is 10.5. The molecule has 0 unspecified atom stereocenters. The molecule has 41 heavy (non-hydrogen) atoms. The Morgan fingerprint density at radius 2 is 1.80 bits per heavy atom. The van der Waals surface area contributed by atoms with E-state index >= 15 is 0 Å². The fourth-order valence-electron chi connectivity index (χ4n) is 4.77. The van der Waals surface area contributed by atoms with Crippen molar-refractivity contribution in [2.24, 2.45) is 7.05 Å². The maximum Gasteiger partial charge on any atom is 0.421 e. The van der Waals surface area contributed by atoms with Crippen LogP contribution in [0.3, 0.4) is 0 Å². The largest absolute Gasteiger partial charge is 0.486 e. The number of hydrogen-bond donors (Lipinski definition) is 0. The first-order chi connectivity index (χ1) is 19.5. The molecule has 0 atom stereocenters. The molecule has 4 heterocycles. The maximum atomic E-state index is 13.3. The lowest BCUT2D eigenvalue weighted by Crippen LogP contribution is -2.29. The Morgan fingerprint density at radius 1 is 1.05 bits per heavy atom. The lowest BCUT2D eigenvalue weighted by molar-refractivity contribution is -0.138. The highest BCUT2D eigenvalue weighted by Crippen LogP contribution is 2.35. The molecule has 0 saturated carbocycles. The number of halogens is 4. The second kappa shape index (κ2) is 10.7. The van der Waals surface area contributed by atoms with E-state index in [1.54, 1.807) is 25.1 Å². The van der Waals surface area contributed by atoms with Crippen LogP contribution in [-0.2, 0) is 26.4 Å². The third-order valence-corrected chi connectivity index (χ3v) is 7.08. The Bertz CT molecular complexity index is 1900. The Labute approximate surface area is 238 Å². The monoisotopic (exact) mass is 577 g/mol. The molecule has 0 fully saturated rings. The smallest absolute Gasteiger partial charge is 0.421 e. The zero-order chi connectivity index (χ0) is 29.5. The van der Waals surface area contributed by atoms with Gasteiger partial charge in [0.05, 0.1) is 17.3 Å². The highest BCUT2D eigenvalue weighted by Gasteiger charge is 2.34. The van der Waals surface area contributed by atoms with Crippen molar-refractivity contribution < 1.29 is 17.9 Å². The van der Waals surface area contributed by atoms with E-state index in [1.165, 1.54) is 12.3 Å². The van der Waals surface area contributed by atoms with Crippen LogP contribution in [0.1, 0.15) is 33.9 Å². The summed E-state index contributed by atoms with van der Waals surface area (Å²) in [5.41, 5.74) is 2.43. The van der Waals surface area contributed by atoms with Gasteiger partial charge in [0.15, 0.2) is 0 Å². The van der Waals surface area contributed by atoms with Gasteiger partial charge in [-0.05, 0) is 56.3 Å². The molecule has 0 aliphatic heterocycles. The number of aryl methyl sites for hydroxylation is 2. The van der Waals surface area contributed by atoms with E-state index in [4.69, 9.17) is 21.3 Å². The van der Waals surface area contributed by atoms with Gasteiger partial charge in [-0.25, -0.2) is 4.98 Å². The van der Waals surface area contributed by atoms with Gasteiger partial charge < -0.3 is 13.9 Å². The number of fused-ring (bicyclic) bond motifs is 1. The van der Waals surface area contributed by atoms with Gasteiger partial charge in [0.25, 0.3) is 5.56 Å². The molecule has 0 amide bonds. The van der Waals surface area contributed by atoms with Crippen molar-refractivity contribution in [2.45, 2.75) is 33.2 Å². The predicted octanol–water partition coefficient (Wildman–Crippen LogP) is 6.59. The molecule has 0 bridgehead atoms. The van der Waals surface area contributed by atoms with E-state index in [0.29, 0.717) is 38.9 Å². The fraction of sp³-hybridized carbons (Fsp3) is 0.200. The molecule has 5 aromatic rings. The summed E-state index contributed by atoms with van der Waals surface area (Å²) in [6.07, 6.45) is -3.50. The van der Waals surface area contributed by atoms with E-state index in [1.807, 2.05) is 42.8 Å². The van der Waals surface area contributed by atoms with Crippen LogP contribution in [0.15, 0.2) is 65.6 Å². The number of ether oxygens (including phenoxy) is 1. The van der Waals surface area contributed by atoms with Crippen LogP contribution in [0, 0.1) is 25.2 Å². The van der Waals surface area contributed by atoms with Crippen LogP contribution in [0.25, 0.3) is 22.2 Å². The lowest BCUT2D eigenvalue weighted by atomic mass is 10.0. The molecular weight excluding hydrogens is 555 g/mol. The third kappa shape index (κ3) is 5.41. The second-order valence-corrected chi connectivity index (χ2v) is 9.96. The van der Waals surface area contributed by atoms with Crippen LogP contribution in [0.2, 0.25) is 5.02 Å². The quantitative estimate of drug-likeness (QED) is 0.227. The molecular formula is C30H23ClF3N5O2. The summed E-state index contributed by atoms with van der Waals surface area (Å²) in [7, 11) is 1.82. The molecule has 7 nitrogen and oxygen atoms in total. The summed E-state index contributed by atoms with van der Waals surface area (Å²) in [6.45, 7) is 3.27. The average Bonchev–Trinajstić information content (AvgIpc) is 3.28. The number of benzene rings is 1. The van der Waals surface area contributed by atoms with Crippen LogP contribution >= 0.6 is 11.6 Å². The first kappa shape index (κ1) is 27.9. The number of nitriles is 1. The van der Waals surface area contributed by atoms with Gasteiger partial charge in [-0.2, -0.15) is 18.4 Å². The molecule has 1 aromatic carbocycles. The minimum Gasteiger partial charge on any atom is -0.486 e. The number of alkyl halides is 3. The number of pyridine rings is 3. The van der Waals surface area contributed by atoms with Crippen LogP contribution in [0.5, 0.6) is 5.75 Å². The summed E-state index contributed by atoms with van der Waals surface area (Å²) in [4.78, 5) is 21.8. The fourth-order valence-corrected chi connectivity index (χ4v) is 5.09. The molecule has 0 spiro atoms. The van der Waals surface area contributed by atoms with Crippen molar-refractivity contribution in [1.82, 2.24) is 19.1 Å². The van der Waals surface area contributed by atoms with Gasteiger partial charge in [0.2, 0.25) is 0 Å². The van der Waals surface area contributed by atoms with Gasteiger partial charge in [-0.3, -0.25) is 9.78 Å². The minimum absolute atomic E-state index is 0.0675. The summed E-state index contributed by atoms with van der Waals surface area (Å²) in [5.74, 6) is 0.459. The van der Waals surface area contributed by atoms with Gasteiger partial charge in [0, 0.05) is 46.8 Å². The number of aromatic nitrogens is 4. The van der Waals surface area contributed by atoms with E-state index in [9.17, 15) is 23.2 Å². The maximum absolute atomic E-state index is 13.3. The Kier molecular flexibility index (Phi) is 7.32. The van der Waals surface area contributed by atoms with Crippen molar-refractivity contribution in [2.75, 3.05) is 0 Å². The molecule has 0 radical (unpaired) electrons. The van der Waals surface area contributed by atoms with Gasteiger partial charge >= 0.3 is 6.18 Å². The number of para-hydroxylation sites is 1. The topological polar surface area (TPSA) is 85.7 Å². The van der Waals surface area contributed by atoms with Gasteiger partial charge in [0.1, 0.15) is 35.2 Å².